The van der Waals surface area contributed by atoms with Crippen molar-refractivity contribution in [1.29, 1.82) is 0 Å². The van der Waals surface area contributed by atoms with Gasteiger partial charge in [-0.05, 0) is 41.3 Å². The van der Waals surface area contributed by atoms with Gasteiger partial charge in [0.05, 0.1) is 19.1 Å². The molecule has 0 unspecified atom stereocenters. The number of amides is 2. The fraction of sp³-hybridized carbons (Fsp3) is 0.280. The van der Waals surface area contributed by atoms with Gasteiger partial charge in [-0.2, -0.15) is 0 Å². The molecule has 1 atom stereocenters. The van der Waals surface area contributed by atoms with Gasteiger partial charge in [0.15, 0.2) is 0 Å². The first-order valence-electron chi connectivity index (χ1n) is 10.9. The maximum Gasteiger partial charge on any atom is 0.238 e. The van der Waals surface area contributed by atoms with Gasteiger partial charge in [-0.15, -0.1) is 11.3 Å². The van der Waals surface area contributed by atoms with Crippen molar-refractivity contribution in [3.8, 4) is 0 Å². The summed E-state index contributed by atoms with van der Waals surface area (Å²) in [5, 5.41) is 7.99. The number of carbonyl (C=O) groups excluding carboxylic acids is 2. The van der Waals surface area contributed by atoms with Gasteiger partial charge in [-0.25, -0.2) is 4.39 Å². The summed E-state index contributed by atoms with van der Waals surface area (Å²) in [6.45, 7) is 3.43. The van der Waals surface area contributed by atoms with E-state index in [9.17, 15) is 14.0 Å². The molecule has 1 aliphatic rings. The van der Waals surface area contributed by atoms with Gasteiger partial charge in [0.2, 0.25) is 11.8 Å². The predicted octanol–water partition coefficient (Wildman–Crippen LogP) is 3.35. The van der Waals surface area contributed by atoms with Crippen LogP contribution in [-0.4, -0.2) is 60.9 Å². The van der Waals surface area contributed by atoms with Crippen LogP contribution in [0.2, 0.25) is 0 Å². The highest BCUT2D eigenvalue weighted by atomic mass is 32.1. The standard InChI is InChI=1S/C25H27FN4O2S/c26-20-8-10-21(11-9-20)27-23(31)17-29-12-14-30(15-13-29)18-24(32)28-25(22-7-4-16-33-22)19-5-2-1-3-6-19/h1-11,16,25H,12-15,17-18H2,(H,27,31)(H,28,32)/t25-/m1/s1. The van der Waals surface area contributed by atoms with Crippen molar-refractivity contribution >= 4 is 28.8 Å². The molecule has 4 rings (SSSR count). The molecule has 6 nitrogen and oxygen atoms in total. The minimum Gasteiger partial charge on any atom is -0.343 e. The SMILES string of the molecule is O=C(CN1CCN(CC(=O)N[C@H](c2ccccc2)c2cccs2)CC1)Nc1ccc(F)cc1. The van der Waals surface area contributed by atoms with Crippen LogP contribution in [0.3, 0.4) is 0 Å². The summed E-state index contributed by atoms with van der Waals surface area (Å²) in [5.74, 6) is -0.479. The second-order valence-electron chi connectivity index (χ2n) is 8.03. The first kappa shape index (κ1) is 23.1. The number of piperazine rings is 1. The number of thiophene rings is 1. The zero-order valence-electron chi connectivity index (χ0n) is 18.2. The lowest BCUT2D eigenvalue weighted by molar-refractivity contribution is -0.124. The van der Waals surface area contributed by atoms with Crippen molar-refractivity contribution in [1.82, 2.24) is 15.1 Å². The number of carbonyl (C=O) groups is 2. The third-order valence-electron chi connectivity index (χ3n) is 5.59. The minimum absolute atomic E-state index is 0.0141. The van der Waals surface area contributed by atoms with Gasteiger partial charge >= 0.3 is 0 Å². The lowest BCUT2D eigenvalue weighted by atomic mass is 10.1. The van der Waals surface area contributed by atoms with Crippen LogP contribution in [0.4, 0.5) is 10.1 Å². The summed E-state index contributed by atoms with van der Waals surface area (Å²) in [7, 11) is 0. The molecule has 1 fully saturated rings. The lowest BCUT2D eigenvalue weighted by Crippen LogP contribution is -2.51. The monoisotopic (exact) mass is 466 g/mol. The van der Waals surface area contributed by atoms with Crippen LogP contribution in [0.15, 0.2) is 72.1 Å². The molecular weight excluding hydrogens is 439 g/mol. The zero-order valence-corrected chi connectivity index (χ0v) is 19.1. The van der Waals surface area contributed by atoms with E-state index in [1.54, 1.807) is 23.5 Å². The maximum atomic E-state index is 13.0. The summed E-state index contributed by atoms with van der Waals surface area (Å²) in [6, 6.07) is 19.6. The van der Waals surface area contributed by atoms with Crippen LogP contribution in [-0.2, 0) is 9.59 Å². The molecule has 1 aliphatic heterocycles. The van der Waals surface area contributed by atoms with Gasteiger partial charge in [-0.1, -0.05) is 36.4 Å². The molecule has 8 heteroatoms. The lowest BCUT2D eigenvalue weighted by Gasteiger charge is -2.34. The Morgan fingerprint density at radius 2 is 1.48 bits per heavy atom. The Balaban J connectivity index is 1.24. The van der Waals surface area contributed by atoms with Crippen LogP contribution in [0.1, 0.15) is 16.5 Å². The first-order chi connectivity index (χ1) is 16.1. The fourth-order valence-electron chi connectivity index (χ4n) is 3.87. The number of hydrogen-bond acceptors (Lipinski definition) is 5. The van der Waals surface area contributed by atoms with Crippen molar-refractivity contribution in [2.24, 2.45) is 0 Å². The van der Waals surface area contributed by atoms with E-state index in [4.69, 9.17) is 0 Å². The Hall–Kier alpha value is -3.07. The Bertz CT molecular complexity index is 1040. The second kappa shape index (κ2) is 11.2. The average molecular weight is 467 g/mol. The highest BCUT2D eigenvalue weighted by molar-refractivity contribution is 7.10. The van der Waals surface area contributed by atoms with E-state index in [2.05, 4.69) is 20.4 Å². The summed E-state index contributed by atoms with van der Waals surface area (Å²) in [5.41, 5.74) is 1.64. The number of hydrogen-bond donors (Lipinski definition) is 2. The van der Waals surface area contributed by atoms with Gasteiger partial charge in [0.1, 0.15) is 5.82 Å². The summed E-state index contributed by atoms with van der Waals surface area (Å²) < 4.78 is 13.0. The number of nitrogens with one attached hydrogen (secondary N) is 2. The van der Waals surface area contributed by atoms with Crippen molar-refractivity contribution in [3.63, 3.8) is 0 Å². The smallest absolute Gasteiger partial charge is 0.238 e. The normalized spacial score (nSPS) is 15.7. The number of anilines is 1. The van der Waals surface area contributed by atoms with Crippen molar-refractivity contribution in [2.45, 2.75) is 6.04 Å². The first-order valence-corrected chi connectivity index (χ1v) is 11.8. The molecule has 2 amide bonds. The Morgan fingerprint density at radius 1 is 0.848 bits per heavy atom. The molecule has 0 aliphatic carbocycles. The molecule has 1 aromatic heterocycles. The Morgan fingerprint density at radius 3 is 2.09 bits per heavy atom. The highest BCUT2D eigenvalue weighted by Gasteiger charge is 2.23. The quantitative estimate of drug-likeness (QED) is 0.535. The largest absolute Gasteiger partial charge is 0.343 e. The molecule has 2 aromatic carbocycles. The Kier molecular flexibility index (Phi) is 7.83. The molecule has 0 radical (unpaired) electrons. The molecule has 0 spiro atoms. The Labute approximate surface area is 197 Å². The molecule has 3 aromatic rings. The van der Waals surface area contributed by atoms with Gasteiger partial charge < -0.3 is 10.6 Å². The van der Waals surface area contributed by atoms with Gasteiger partial charge in [-0.3, -0.25) is 19.4 Å². The summed E-state index contributed by atoms with van der Waals surface area (Å²) in [6.07, 6.45) is 0. The third kappa shape index (κ3) is 6.71. The van der Waals surface area contributed by atoms with E-state index in [0.717, 1.165) is 10.4 Å². The molecule has 0 saturated carbocycles. The van der Waals surface area contributed by atoms with Crippen LogP contribution in [0, 0.1) is 5.82 Å². The molecule has 0 bridgehead atoms. The molecular formula is C25H27FN4O2S. The van der Waals surface area contributed by atoms with E-state index in [-0.39, 0.29) is 30.2 Å². The molecule has 2 heterocycles. The van der Waals surface area contributed by atoms with Crippen LogP contribution < -0.4 is 10.6 Å². The average Bonchev–Trinajstić information content (AvgIpc) is 3.35. The van der Waals surface area contributed by atoms with E-state index in [1.807, 2.05) is 47.8 Å². The van der Waals surface area contributed by atoms with E-state index >= 15 is 0 Å². The third-order valence-corrected chi connectivity index (χ3v) is 6.53. The molecule has 2 N–H and O–H groups in total. The molecule has 1 saturated heterocycles. The number of benzene rings is 2. The van der Waals surface area contributed by atoms with Gasteiger partial charge in [0.25, 0.3) is 0 Å². The maximum absolute atomic E-state index is 13.0. The second-order valence-corrected chi connectivity index (χ2v) is 9.01. The summed E-state index contributed by atoms with van der Waals surface area (Å²) in [4.78, 5) is 30.4. The van der Waals surface area contributed by atoms with Crippen LogP contribution >= 0.6 is 11.3 Å². The molecule has 172 valence electrons. The molecule has 33 heavy (non-hydrogen) atoms. The zero-order chi connectivity index (χ0) is 23.0. The minimum atomic E-state index is -0.335. The highest BCUT2D eigenvalue weighted by Crippen LogP contribution is 2.25. The van der Waals surface area contributed by atoms with Crippen LogP contribution in [0.25, 0.3) is 0 Å². The van der Waals surface area contributed by atoms with E-state index < -0.39 is 0 Å². The van der Waals surface area contributed by atoms with Crippen molar-refractivity contribution < 1.29 is 14.0 Å². The van der Waals surface area contributed by atoms with Crippen molar-refractivity contribution in [3.05, 3.63) is 88.4 Å². The fourth-order valence-corrected chi connectivity index (χ4v) is 4.67. The van der Waals surface area contributed by atoms with E-state index in [0.29, 0.717) is 38.4 Å². The topological polar surface area (TPSA) is 64.7 Å². The van der Waals surface area contributed by atoms with E-state index in [1.165, 1.54) is 12.1 Å². The van der Waals surface area contributed by atoms with Crippen LogP contribution in [0.5, 0.6) is 0 Å². The summed E-state index contributed by atoms with van der Waals surface area (Å²) >= 11 is 1.63. The number of nitrogens with zero attached hydrogens (tertiary/aromatic N) is 2. The number of halogens is 1. The van der Waals surface area contributed by atoms with Crippen molar-refractivity contribution in [2.75, 3.05) is 44.6 Å². The number of rotatable bonds is 8. The van der Waals surface area contributed by atoms with Gasteiger partial charge in [0, 0.05) is 36.7 Å². The predicted molar refractivity (Wildman–Crippen MR) is 129 cm³/mol.